The first-order chi connectivity index (χ1) is 12.4. The van der Waals surface area contributed by atoms with E-state index in [2.05, 4.69) is 10.0 Å². The number of rotatable bonds is 8. The molecule has 0 aromatic heterocycles. The highest BCUT2D eigenvalue weighted by atomic mass is 32.2. The first-order valence-electron chi connectivity index (χ1n) is 7.92. The maximum Gasteiger partial charge on any atom is 0.255 e. The number of hydrogen-bond donors (Lipinski definition) is 2. The summed E-state index contributed by atoms with van der Waals surface area (Å²) in [5.74, 6) is -0.298. The van der Waals surface area contributed by atoms with Gasteiger partial charge in [-0.1, -0.05) is 6.07 Å². The number of ether oxygens (including phenoxy) is 1. The molecule has 0 aliphatic heterocycles. The number of sulfonamides is 1. The first-order valence-corrected chi connectivity index (χ1v) is 10.6. The Labute approximate surface area is 158 Å². The van der Waals surface area contributed by atoms with Crippen molar-refractivity contribution in [2.75, 3.05) is 25.3 Å². The molecule has 2 aromatic rings. The van der Waals surface area contributed by atoms with Gasteiger partial charge in [0.25, 0.3) is 5.91 Å². The van der Waals surface area contributed by atoms with Crippen molar-refractivity contribution in [3.05, 3.63) is 54.1 Å². The maximum atomic E-state index is 12.3. The Kier molecular flexibility index (Phi) is 7.22. The predicted molar refractivity (Wildman–Crippen MR) is 104 cm³/mol. The van der Waals surface area contributed by atoms with Gasteiger partial charge in [-0.05, 0) is 55.6 Å². The molecule has 0 bridgehead atoms. The molecule has 2 aromatic carbocycles. The van der Waals surface area contributed by atoms with E-state index in [9.17, 15) is 13.2 Å². The largest absolute Gasteiger partial charge is 0.383 e. The first kappa shape index (κ1) is 20.4. The molecule has 0 fully saturated rings. The van der Waals surface area contributed by atoms with Crippen molar-refractivity contribution in [3.63, 3.8) is 0 Å². The van der Waals surface area contributed by atoms with Crippen LogP contribution in [0.25, 0.3) is 0 Å². The molecule has 0 saturated carbocycles. The van der Waals surface area contributed by atoms with Gasteiger partial charge in [-0.3, -0.25) is 4.79 Å². The zero-order chi connectivity index (χ0) is 19.2. The lowest BCUT2D eigenvalue weighted by molar-refractivity contribution is 0.102. The van der Waals surface area contributed by atoms with Gasteiger partial charge in [0.2, 0.25) is 10.0 Å². The smallest absolute Gasteiger partial charge is 0.255 e. The number of carbonyl (C=O) groups excluding carboxylic acids is 1. The second-order valence-electron chi connectivity index (χ2n) is 5.69. The summed E-state index contributed by atoms with van der Waals surface area (Å²) in [5.41, 5.74) is 1.07. The number of thioether (sulfide) groups is 1. The monoisotopic (exact) mass is 394 g/mol. The average Bonchev–Trinajstić information content (AvgIpc) is 2.61. The van der Waals surface area contributed by atoms with Crippen LogP contribution < -0.4 is 10.0 Å². The highest BCUT2D eigenvalue weighted by molar-refractivity contribution is 7.98. The van der Waals surface area contributed by atoms with Crippen LogP contribution in [-0.2, 0) is 14.8 Å². The molecule has 0 saturated heterocycles. The molecule has 140 valence electrons. The van der Waals surface area contributed by atoms with Crippen LogP contribution in [-0.4, -0.2) is 40.3 Å². The highest BCUT2D eigenvalue weighted by Gasteiger charge is 2.18. The fraction of sp³-hybridized carbons (Fsp3) is 0.278. The van der Waals surface area contributed by atoms with Crippen LogP contribution in [0.1, 0.15) is 17.3 Å². The van der Waals surface area contributed by atoms with Gasteiger partial charge in [0.05, 0.1) is 11.5 Å². The fourth-order valence-electron chi connectivity index (χ4n) is 2.31. The summed E-state index contributed by atoms with van der Waals surface area (Å²) in [4.78, 5) is 13.5. The van der Waals surface area contributed by atoms with Crippen LogP contribution >= 0.6 is 11.8 Å². The van der Waals surface area contributed by atoms with Crippen LogP contribution in [0.5, 0.6) is 0 Å². The lowest BCUT2D eigenvalue weighted by Crippen LogP contribution is -2.35. The van der Waals surface area contributed by atoms with Gasteiger partial charge in [0.15, 0.2) is 0 Å². The second kappa shape index (κ2) is 9.18. The van der Waals surface area contributed by atoms with Crippen molar-refractivity contribution in [2.24, 2.45) is 0 Å². The van der Waals surface area contributed by atoms with E-state index < -0.39 is 10.0 Å². The SMILES string of the molecule is COC[C@H](C)NS(=O)(=O)c1ccc(C(=O)Nc2cccc(SC)c2)cc1. The summed E-state index contributed by atoms with van der Waals surface area (Å²) in [7, 11) is -2.15. The topological polar surface area (TPSA) is 84.5 Å². The molecular formula is C18H22N2O4S2. The summed E-state index contributed by atoms with van der Waals surface area (Å²) in [6.45, 7) is 1.99. The minimum absolute atomic E-state index is 0.0985. The summed E-state index contributed by atoms with van der Waals surface area (Å²) >= 11 is 1.58. The second-order valence-corrected chi connectivity index (χ2v) is 8.28. The molecule has 2 rings (SSSR count). The molecule has 0 aliphatic carbocycles. The summed E-state index contributed by atoms with van der Waals surface area (Å²) in [6.07, 6.45) is 1.96. The Morgan fingerprint density at radius 1 is 1.19 bits per heavy atom. The molecule has 26 heavy (non-hydrogen) atoms. The summed E-state index contributed by atoms with van der Waals surface area (Å²) < 4.78 is 32.0. The van der Waals surface area contributed by atoms with Crippen molar-refractivity contribution in [3.8, 4) is 0 Å². The minimum Gasteiger partial charge on any atom is -0.383 e. The number of carbonyl (C=O) groups is 1. The van der Waals surface area contributed by atoms with Gasteiger partial charge in [-0.25, -0.2) is 13.1 Å². The molecule has 0 spiro atoms. The lowest BCUT2D eigenvalue weighted by Gasteiger charge is -2.13. The van der Waals surface area contributed by atoms with Crippen molar-refractivity contribution in [1.82, 2.24) is 4.72 Å². The van der Waals surface area contributed by atoms with E-state index in [1.54, 1.807) is 24.8 Å². The quantitative estimate of drug-likeness (QED) is 0.673. The maximum absolute atomic E-state index is 12.3. The number of hydrogen-bond acceptors (Lipinski definition) is 5. The summed E-state index contributed by atoms with van der Waals surface area (Å²) in [6, 6.07) is 13.0. The third-order valence-electron chi connectivity index (χ3n) is 3.53. The molecule has 1 atom stereocenters. The molecular weight excluding hydrogens is 372 g/mol. The molecule has 2 N–H and O–H groups in total. The van der Waals surface area contributed by atoms with Gasteiger partial charge in [-0.15, -0.1) is 11.8 Å². The van der Waals surface area contributed by atoms with E-state index in [4.69, 9.17) is 4.74 Å². The molecule has 6 nitrogen and oxygen atoms in total. The number of methoxy groups -OCH3 is 1. The Morgan fingerprint density at radius 3 is 2.50 bits per heavy atom. The van der Waals surface area contributed by atoms with Crippen LogP contribution in [0.2, 0.25) is 0 Å². The highest BCUT2D eigenvalue weighted by Crippen LogP contribution is 2.20. The van der Waals surface area contributed by atoms with Crippen LogP contribution in [0.4, 0.5) is 5.69 Å². The van der Waals surface area contributed by atoms with Gasteiger partial charge < -0.3 is 10.1 Å². The molecule has 0 unspecified atom stereocenters. The number of benzene rings is 2. The third-order valence-corrected chi connectivity index (χ3v) is 5.86. The van der Waals surface area contributed by atoms with E-state index in [1.807, 2.05) is 24.5 Å². The van der Waals surface area contributed by atoms with Gasteiger partial charge in [-0.2, -0.15) is 0 Å². The summed E-state index contributed by atoms with van der Waals surface area (Å²) in [5, 5.41) is 2.81. The third kappa shape index (κ3) is 5.57. The zero-order valence-electron chi connectivity index (χ0n) is 14.9. The van der Waals surface area contributed by atoms with Crippen molar-refractivity contribution in [1.29, 1.82) is 0 Å². The van der Waals surface area contributed by atoms with Gasteiger partial charge >= 0.3 is 0 Å². The Hall–Kier alpha value is -1.87. The minimum atomic E-state index is -3.66. The van der Waals surface area contributed by atoms with Crippen molar-refractivity contribution in [2.45, 2.75) is 22.8 Å². The molecule has 0 radical (unpaired) electrons. The lowest BCUT2D eigenvalue weighted by atomic mass is 10.2. The Bertz CT molecular complexity index is 852. The number of nitrogens with one attached hydrogen (secondary N) is 2. The normalized spacial score (nSPS) is 12.6. The number of anilines is 1. The molecule has 0 heterocycles. The zero-order valence-corrected chi connectivity index (χ0v) is 16.5. The van der Waals surface area contributed by atoms with Crippen molar-refractivity contribution < 1.29 is 17.9 Å². The Morgan fingerprint density at radius 2 is 1.88 bits per heavy atom. The van der Waals surface area contributed by atoms with Gasteiger partial charge in [0, 0.05) is 29.3 Å². The van der Waals surface area contributed by atoms with Crippen LogP contribution in [0.3, 0.4) is 0 Å². The van der Waals surface area contributed by atoms with Crippen LogP contribution in [0.15, 0.2) is 58.3 Å². The van der Waals surface area contributed by atoms with E-state index in [1.165, 1.54) is 31.4 Å². The molecule has 0 aliphatic rings. The van der Waals surface area contributed by atoms with E-state index in [0.717, 1.165) is 4.90 Å². The van der Waals surface area contributed by atoms with E-state index >= 15 is 0 Å². The number of amides is 1. The average molecular weight is 395 g/mol. The van der Waals surface area contributed by atoms with Crippen molar-refractivity contribution >= 4 is 33.4 Å². The molecule has 1 amide bonds. The Balaban J connectivity index is 2.09. The van der Waals surface area contributed by atoms with Crippen LogP contribution in [0, 0.1) is 0 Å². The van der Waals surface area contributed by atoms with Gasteiger partial charge in [0.1, 0.15) is 0 Å². The van der Waals surface area contributed by atoms with E-state index in [-0.39, 0.29) is 23.5 Å². The predicted octanol–water partition coefficient (Wildman–Crippen LogP) is 2.97. The fourth-order valence-corrected chi connectivity index (χ4v) is 3.99. The van der Waals surface area contributed by atoms with E-state index in [0.29, 0.717) is 11.3 Å². The standard InChI is InChI=1S/C18H22N2O4S2/c1-13(12-24-2)20-26(22,23)17-9-7-14(8-10-17)18(21)19-15-5-4-6-16(11-15)25-3/h4-11,13,20H,12H2,1-3H3,(H,19,21)/t13-/m0/s1. The molecule has 8 heteroatoms.